The van der Waals surface area contributed by atoms with E-state index in [9.17, 15) is 0 Å². The van der Waals surface area contributed by atoms with Crippen molar-refractivity contribution in [2.45, 2.75) is 31.6 Å². The van der Waals surface area contributed by atoms with Crippen molar-refractivity contribution in [3.63, 3.8) is 0 Å². The molecule has 1 aliphatic carbocycles. The van der Waals surface area contributed by atoms with E-state index in [0.717, 1.165) is 6.42 Å². The smallest absolute Gasteiger partial charge is 0.0346 e. The minimum absolute atomic E-state index is 0.655. The summed E-state index contributed by atoms with van der Waals surface area (Å²) in [6.45, 7) is 0. The van der Waals surface area contributed by atoms with Gasteiger partial charge in [0.25, 0.3) is 0 Å². The Labute approximate surface area is 207 Å². The maximum absolute atomic E-state index is 4.01. The van der Waals surface area contributed by atoms with E-state index in [4.69, 9.17) is 0 Å². The summed E-state index contributed by atoms with van der Waals surface area (Å²) in [5.74, 6) is 0.655. The molecule has 1 aliphatic rings. The topological polar surface area (TPSA) is 12.9 Å². The van der Waals surface area contributed by atoms with Crippen LogP contribution in [0.3, 0.4) is 0 Å². The molecular weight excluding hydrogens is 422 g/mol. The van der Waals surface area contributed by atoms with Crippen LogP contribution in [-0.4, -0.2) is 4.98 Å². The Morgan fingerprint density at radius 1 is 0.600 bits per heavy atom. The first-order chi connectivity index (χ1) is 17.4. The van der Waals surface area contributed by atoms with Crippen molar-refractivity contribution in [3.8, 4) is 0 Å². The molecule has 5 aromatic carbocycles. The van der Waals surface area contributed by atoms with Crippen LogP contribution in [0.15, 0.2) is 122 Å². The van der Waals surface area contributed by atoms with Crippen LogP contribution < -0.4 is 0 Å². The average Bonchev–Trinajstić information content (AvgIpc) is 2.94. The molecule has 1 heterocycles. The third-order valence-corrected chi connectivity index (χ3v) is 7.37. The maximum atomic E-state index is 4.01. The van der Waals surface area contributed by atoms with Gasteiger partial charge in [-0.05, 0) is 86.7 Å². The number of aromatic nitrogens is 1. The van der Waals surface area contributed by atoms with Gasteiger partial charge in [0.2, 0.25) is 0 Å². The zero-order valence-electron chi connectivity index (χ0n) is 19.9. The van der Waals surface area contributed by atoms with Gasteiger partial charge in [0.05, 0.1) is 0 Å². The number of fused-ring (bicyclic) bond motifs is 6. The molecule has 0 saturated heterocycles. The van der Waals surface area contributed by atoms with E-state index in [1.165, 1.54) is 57.1 Å². The van der Waals surface area contributed by atoms with Crippen molar-refractivity contribution in [2.24, 2.45) is 0 Å². The molecule has 0 bridgehead atoms. The zero-order chi connectivity index (χ0) is 23.5. The van der Waals surface area contributed by atoms with Crippen molar-refractivity contribution >= 4 is 32.3 Å². The highest BCUT2D eigenvalue weighted by molar-refractivity contribution is 6.08. The number of rotatable bonds is 2. The van der Waals surface area contributed by atoms with Gasteiger partial charge in [-0.25, -0.2) is 0 Å². The van der Waals surface area contributed by atoms with Crippen LogP contribution in [0, 0.1) is 0 Å². The Hall–Kier alpha value is -3.97. The fourth-order valence-electron chi connectivity index (χ4n) is 5.65. The van der Waals surface area contributed by atoms with Crippen molar-refractivity contribution in [3.05, 3.63) is 138 Å². The van der Waals surface area contributed by atoms with Gasteiger partial charge in [-0.1, -0.05) is 103 Å². The molecule has 0 N–H and O–H groups in total. The molecule has 1 nitrogen and oxygen atoms in total. The molecule has 0 aliphatic heterocycles. The van der Waals surface area contributed by atoms with Gasteiger partial charge in [-0.2, -0.15) is 0 Å². The van der Waals surface area contributed by atoms with Crippen molar-refractivity contribution < 1.29 is 0 Å². The van der Waals surface area contributed by atoms with Gasteiger partial charge < -0.3 is 0 Å². The molecule has 0 fully saturated rings. The predicted molar refractivity (Wildman–Crippen MR) is 149 cm³/mol. The second kappa shape index (κ2) is 9.72. The number of pyridine rings is 1. The van der Waals surface area contributed by atoms with Crippen molar-refractivity contribution in [2.75, 3.05) is 0 Å². The summed E-state index contributed by atoms with van der Waals surface area (Å²) in [6, 6.07) is 39.3. The number of benzene rings is 5. The highest BCUT2D eigenvalue weighted by Gasteiger charge is 2.22. The Bertz CT molecular complexity index is 1530. The van der Waals surface area contributed by atoms with E-state index in [1.807, 2.05) is 30.6 Å². The fraction of sp³-hybridized carbons (Fsp3) is 0.147. The number of nitrogens with zero attached hydrogens (tertiary/aromatic N) is 1. The lowest BCUT2D eigenvalue weighted by Crippen LogP contribution is -2.12. The summed E-state index contributed by atoms with van der Waals surface area (Å²) >= 11 is 0. The van der Waals surface area contributed by atoms with Crippen LogP contribution in [0.1, 0.15) is 35.4 Å². The Morgan fingerprint density at radius 2 is 1.34 bits per heavy atom. The summed E-state index contributed by atoms with van der Waals surface area (Å²) in [6.07, 6.45) is 8.67. The minimum atomic E-state index is 0.655. The lowest BCUT2D eigenvalue weighted by molar-refractivity contribution is 0.553. The van der Waals surface area contributed by atoms with E-state index in [0.29, 0.717) is 5.92 Å². The molecule has 1 aromatic heterocycles. The van der Waals surface area contributed by atoms with E-state index in [2.05, 4.69) is 96.0 Å². The van der Waals surface area contributed by atoms with Crippen molar-refractivity contribution in [1.29, 1.82) is 0 Å². The lowest BCUT2D eigenvalue weighted by Gasteiger charge is -2.27. The Balaban J connectivity index is 0.000000191. The summed E-state index contributed by atoms with van der Waals surface area (Å²) in [7, 11) is 0. The van der Waals surface area contributed by atoms with Crippen LogP contribution in [0.2, 0.25) is 0 Å². The van der Waals surface area contributed by atoms with Crippen LogP contribution >= 0.6 is 0 Å². The summed E-state index contributed by atoms with van der Waals surface area (Å²) in [5, 5.41) is 8.05. The van der Waals surface area contributed by atoms with Gasteiger partial charge in [0.1, 0.15) is 0 Å². The van der Waals surface area contributed by atoms with E-state index in [1.54, 1.807) is 11.1 Å². The van der Waals surface area contributed by atoms with Gasteiger partial charge in [0, 0.05) is 12.4 Å². The molecule has 35 heavy (non-hydrogen) atoms. The monoisotopic (exact) mass is 451 g/mol. The first-order valence-corrected chi connectivity index (χ1v) is 12.6. The zero-order valence-corrected chi connectivity index (χ0v) is 19.9. The Kier molecular flexibility index (Phi) is 5.99. The highest BCUT2D eigenvalue weighted by Crippen LogP contribution is 2.39. The van der Waals surface area contributed by atoms with Gasteiger partial charge in [-0.3, -0.25) is 4.98 Å². The first kappa shape index (κ1) is 21.6. The molecule has 0 spiro atoms. The molecule has 1 atom stereocenters. The quantitative estimate of drug-likeness (QED) is 0.240. The van der Waals surface area contributed by atoms with Gasteiger partial charge in [-0.15, -0.1) is 0 Å². The Morgan fingerprint density at radius 3 is 2.20 bits per heavy atom. The standard InChI is InChI=1S/C25H22.C9H7N/c1-2-7-18(8-3-1)17-20-10-6-12-23-22(20)15-16-24-21-11-5-4-9-19(21)13-14-25(23)24;1-2-4-9-7-10-6-5-8(9)3-1/h1-5,7-9,11,13-16,20H,6,10,12,17H2;1-7H. The third kappa shape index (κ3) is 4.42. The molecule has 0 amide bonds. The molecule has 0 radical (unpaired) electrons. The van der Waals surface area contributed by atoms with E-state index >= 15 is 0 Å². The maximum Gasteiger partial charge on any atom is 0.0346 e. The first-order valence-electron chi connectivity index (χ1n) is 12.6. The third-order valence-electron chi connectivity index (χ3n) is 7.37. The minimum Gasteiger partial charge on any atom is -0.264 e. The largest absolute Gasteiger partial charge is 0.264 e. The van der Waals surface area contributed by atoms with E-state index < -0.39 is 0 Å². The summed E-state index contributed by atoms with van der Waals surface area (Å²) < 4.78 is 0. The molecule has 0 saturated carbocycles. The molecule has 1 unspecified atom stereocenters. The number of hydrogen-bond acceptors (Lipinski definition) is 1. The fourth-order valence-corrected chi connectivity index (χ4v) is 5.65. The SMILES string of the molecule is c1ccc(CC2CCCc3c2ccc2c3ccc3ccccc32)cc1.c1ccc2cnccc2c1. The number of hydrogen-bond donors (Lipinski definition) is 0. The van der Waals surface area contributed by atoms with Crippen molar-refractivity contribution in [1.82, 2.24) is 4.98 Å². The van der Waals surface area contributed by atoms with Crippen LogP contribution in [0.25, 0.3) is 32.3 Å². The highest BCUT2D eigenvalue weighted by atomic mass is 14.6. The van der Waals surface area contributed by atoms with Gasteiger partial charge >= 0.3 is 0 Å². The second-order valence-corrected chi connectivity index (χ2v) is 9.52. The predicted octanol–water partition coefficient (Wildman–Crippen LogP) is 8.89. The normalized spacial score (nSPS) is 14.9. The van der Waals surface area contributed by atoms with Crippen LogP contribution in [-0.2, 0) is 12.8 Å². The second-order valence-electron chi connectivity index (χ2n) is 9.52. The number of aryl methyl sites for hydroxylation is 1. The summed E-state index contributed by atoms with van der Waals surface area (Å²) in [4.78, 5) is 4.01. The van der Waals surface area contributed by atoms with Crippen LogP contribution in [0.5, 0.6) is 0 Å². The molecule has 170 valence electrons. The summed E-state index contributed by atoms with van der Waals surface area (Å²) in [5.41, 5.74) is 4.63. The lowest BCUT2D eigenvalue weighted by atomic mass is 9.77. The molecule has 1 heteroatoms. The average molecular weight is 452 g/mol. The van der Waals surface area contributed by atoms with Gasteiger partial charge in [0.15, 0.2) is 0 Å². The van der Waals surface area contributed by atoms with E-state index in [-0.39, 0.29) is 0 Å². The molecule has 7 rings (SSSR count). The molecular formula is C34H29N. The molecule has 6 aromatic rings. The van der Waals surface area contributed by atoms with Crippen LogP contribution in [0.4, 0.5) is 0 Å².